The fraction of sp³-hybridized carbons (Fsp3) is 0.650. The molecule has 1 N–H and O–H groups in total. The highest BCUT2D eigenvalue weighted by molar-refractivity contribution is 5.77. The van der Waals surface area contributed by atoms with Crippen molar-refractivity contribution in [1.82, 2.24) is 14.7 Å². The van der Waals surface area contributed by atoms with Crippen molar-refractivity contribution in [3.05, 3.63) is 35.9 Å². The number of aliphatic hydroxyl groups is 1. The van der Waals surface area contributed by atoms with E-state index < -0.39 is 5.60 Å². The molecular weight excluding hydrogens is 314 g/mol. The van der Waals surface area contributed by atoms with Crippen molar-refractivity contribution in [2.75, 3.05) is 46.3 Å². The van der Waals surface area contributed by atoms with Crippen LogP contribution in [0.5, 0.6) is 0 Å². The molecular formula is C20H31N3O2. The van der Waals surface area contributed by atoms with Gasteiger partial charge in [-0.25, -0.2) is 0 Å². The van der Waals surface area contributed by atoms with Crippen LogP contribution in [0.15, 0.2) is 30.3 Å². The SMILES string of the molecule is CN1CCCN(C(=O)CC2(O)CCCN(Cc3ccccc3)C2)CC1. The summed E-state index contributed by atoms with van der Waals surface area (Å²) in [5, 5.41) is 11.0. The highest BCUT2D eigenvalue weighted by atomic mass is 16.3. The third-order valence-electron chi connectivity index (χ3n) is 5.44. The number of piperidine rings is 1. The number of rotatable bonds is 4. The Bertz CT molecular complexity index is 565. The number of hydrogen-bond acceptors (Lipinski definition) is 4. The summed E-state index contributed by atoms with van der Waals surface area (Å²) in [6.07, 6.45) is 2.93. The predicted molar refractivity (Wildman–Crippen MR) is 99.2 cm³/mol. The number of β-amino-alcohol motifs (C(OH)–C–C–N with tert-alkyl or cyclic N) is 1. The summed E-state index contributed by atoms with van der Waals surface area (Å²) in [6.45, 7) is 5.96. The molecule has 0 radical (unpaired) electrons. The van der Waals surface area contributed by atoms with E-state index in [4.69, 9.17) is 0 Å². The molecule has 0 aliphatic carbocycles. The third kappa shape index (κ3) is 5.27. The lowest BCUT2D eigenvalue weighted by Gasteiger charge is -2.39. The van der Waals surface area contributed by atoms with Gasteiger partial charge in [0.05, 0.1) is 12.0 Å². The number of likely N-dealkylation sites (tertiary alicyclic amines) is 1. The van der Waals surface area contributed by atoms with E-state index in [-0.39, 0.29) is 12.3 Å². The molecule has 1 aromatic carbocycles. The van der Waals surface area contributed by atoms with Crippen LogP contribution in [0, 0.1) is 0 Å². The Morgan fingerprint density at radius 2 is 1.88 bits per heavy atom. The first kappa shape index (κ1) is 18.4. The molecule has 2 heterocycles. The molecule has 0 saturated carbocycles. The number of carbonyl (C=O) groups is 1. The Balaban J connectivity index is 1.56. The van der Waals surface area contributed by atoms with Gasteiger partial charge in [0.25, 0.3) is 0 Å². The van der Waals surface area contributed by atoms with E-state index in [1.165, 1.54) is 5.56 Å². The monoisotopic (exact) mass is 345 g/mol. The van der Waals surface area contributed by atoms with Crippen molar-refractivity contribution < 1.29 is 9.90 Å². The van der Waals surface area contributed by atoms with E-state index in [1.807, 2.05) is 23.1 Å². The first-order chi connectivity index (χ1) is 12.0. The summed E-state index contributed by atoms with van der Waals surface area (Å²) < 4.78 is 0. The fourth-order valence-corrected chi connectivity index (χ4v) is 4.02. The summed E-state index contributed by atoms with van der Waals surface area (Å²) in [6, 6.07) is 10.4. The Morgan fingerprint density at radius 1 is 1.08 bits per heavy atom. The zero-order valence-electron chi connectivity index (χ0n) is 15.4. The Hall–Kier alpha value is -1.43. The van der Waals surface area contributed by atoms with Gasteiger partial charge in [0.1, 0.15) is 0 Å². The Labute approximate surface area is 151 Å². The van der Waals surface area contributed by atoms with Gasteiger partial charge in [-0.15, -0.1) is 0 Å². The second kappa shape index (κ2) is 8.30. The highest BCUT2D eigenvalue weighted by Crippen LogP contribution is 2.26. The van der Waals surface area contributed by atoms with Crippen molar-refractivity contribution in [1.29, 1.82) is 0 Å². The van der Waals surface area contributed by atoms with E-state index >= 15 is 0 Å². The van der Waals surface area contributed by atoms with Crippen LogP contribution in [-0.4, -0.2) is 77.6 Å². The smallest absolute Gasteiger partial charge is 0.225 e. The molecule has 138 valence electrons. The molecule has 0 spiro atoms. The van der Waals surface area contributed by atoms with Crippen LogP contribution in [0.3, 0.4) is 0 Å². The van der Waals surface area contributed by atoms with Crippen molar-refractivity contribution in [2.45, 2.75) is 37.8 Å². The molecule has 0 aromatic heterocycles. The first-order valence-corrected chi connectivity index (χ1v) is 9.49. The lowest BCUT2D eigenvalue weighted by molar-refractivity contribution is -0.139. The number of amides is 1. The van der Waals surface area contributed by atoms with Gasteiger partial charge >= 0.3 is 0 Å². The van der Waals surface area contributed by atoms with Gasteiger partial charge in [0, 0.05) is 32.7 Å². The minimum atomic E-state index is -0.887. The largest absolute Gasteiger partial charge is 0.388 e. The molecule has 1 unspecified atom stereocenters. The van der Waals surface area contributed by atoms with Gasteiger partial charge in [0.2, 0.25) is 5.91 Å². The summed E-state index contributed by atoms with van der Waals surface area (Å²) in [7, 11) is 2.10. The average Bonchev–Trinajstić information content (AvgIpc) is 2.80. The molecule has 5 nitrogen and oxygen atoms in total. The number of carbonyl (C=O) groups excluding carboxylic acids is 1. The third-order valence-corrected chi connectivity index (χ3v) is 5.44. The number of likely N-dealkylation sites (N-methyl/N-ethyl adjacent to an activating group) is 1. The van der Waals surface area contributed by atoms with Gasteiger partial charge in [-0.2, -0.15) is 0 Å². The van der Waals surface area contributed by atoms with Gasteiger partial charge in [-0.1, -0.05) is 30.3 Å². The summed E-state index contributed by atoms with van der Waals surface area (Å²) >= 11 is 0. The van der Waals surface area contributed by atoms with Gasteiger partial charge in [-0.3, -0.25) is 9.69 Å². The van der Waals surface area contributed by atoms with Gasteiger partial charge in [-0.05, 0) is 45.0 Å². The van der Waals surface area contributed by atoms with E-state index in [2.05, 4.69) is 29.0 Å². The fourth-order valence-electron chi connectivity index (χ4n) is 4.02. The first-order valence-electron chi connectivity index (χ1n) is 9.49. The second-order valence-corrected chi connectivity index (χ2v) is 7.74. The van der Waals surface area contributed by atoms with Crippen LogP contribution < -0.4 is 0 Å². The van der Waals surface area contributed by atoms with E-state index in [0.29, 0.717) is 6.54 Å². The minimum Gasteiger partial charge on any atom is -0.388 e. The molecule has 1 amide bonds. The topological polar surface area (TPSA) is 47.0 Å². The molecule has 25 heavy (non-hydrogen) atoms. The zero-order chi connectivity index (χ0) is 17.7. The zero-order valence-corrected chi connectivity index (χ0v) is 15.4. The molecule has 2 saturated heterocycles. The van der Waals surface area contributed by atoms with E-state index in [1.54, 1.807) is 0 Å². The minimum absolute atomic E-state index is 0.111. The summed E-state index contributed by atoms with van der Waals surface area (Å²) in [5.74, 6) is 0.111. The number of nitrogens with zero attached hydrogens (tertiary/aromatic N) is 3. The van der Waals surface area contributed by atoms with Gasteiger partial charge in [0.15, 0.2) is 0 Å². The summed E-state index contributed by atoms with van der Waals surface area (Å²) in [4.78, 5) is 19.2. The molecule has 2 fully saturated rings. The molecule has 2 aliphatic heterocycles. The summed E-state index contributed by atoms with van der Waals surface area (Å²) in [5.41, 5.74) is 0.371. The predicted octanol–water partition coefficient (Wildman–Crippen LogP) is 1.57. The number of hydrogen-bond donors (Lipinski definition) is 1. The maximum Gasteiger partial charge on any atom is 0.225 e. The molecule has 1 atom stereocenters. The normalized spacial score (nSPS) is 26.4. The van der Waals surface area contributed by atoms with Crippen molar-refractivity contribution in [3.63, 3.8) is 0 Å². The number of benzene rings is 1. The van der Waals surface area contributed by atoms with Crippen molar-refractivity contribution in [3.8, 4) is 0 Å². The maximum atomic E-state index is 12.7. The van der Waals surface area contributed by atoms with Gasteiger partial charge < -0.3 is 14.9 Å². The molecule has 1 aromatic rings. The molecule has 2 aliphatic rings. The molecule has 0 bridgehead atoms. The van der Waals surface area contributed by atoms with Crippen LogP contribution in [-0.2, 0) is 11.3 Å². The van der Waals surface area contributed by atoms with Crippen LogP contribution in [0.1, 0.15) is 31.2 Å². The molecule has 3 rings (SSSR count). The van der Waals surface area contributed by atoms with Crippen LogP contribution in [0.2, 0.25) is 0 Å². The van der Waals surface area contributed by atoms with E-state index in [9.17, 15) is 9.90 Å². The Morgan fingerprint density at radius 3 is 2.68 bits per heavy atom. The lowest BCUT2D eigenvalue weighted by atomic mass is 9.88. The average molecular weight is 345 g/mol. The van der Waals surface area contributed by atoms with Crippen LogP contribution >= 0.6 is 0 Å². The van der Waals surface area contributed by atoms with Crippen molar-refractivity contribution in [2.24, 2.45) is 0 Å². The van der Waals surface area contributed by atoms with Crippen molar-refractivity contribution >= 4 is 5.91 Å². The maximum absolute atomic E-state index is 12.7. The molecule has 5 heteroatoms. The Kier molecular flexibility index (Phi) is 6.10. The standard InChI is InChI=1S/C20H31N3O2/c1-21-10-6-12-23(14-13-21)19(24)15-20(25)9-5-11-22(17-20)16-18-7-3-2-4-8-18/h2-4,7-8,25H,5-6,9-17H2,1H3. The van der Waals surface area contributed by atoms with Crippen LogP contribution in [0.25, 0.3) is 0 Å². The lowest BCUT2D eigenvalue weighted by Crippen LogP contribution is -2.50. The van der Waals surface area contributed by atoms with E-state index in [0.717, 1.165) is 58.5 Å². The van der Waals surface area contributed by atoms with Crippen LogP contribution in [0.4, 0.5) is 0 Å². The quantitative estimate of drug-likeness (QED) is 0.900. The second-order valence-electron chi connectivity index (χ2n) is 7.74. The highest BCUT2D eigenvalue weighted by Gasteiger charge is 2.36.